The second-order valence-corrected chi connectivity index (χ2v) is 4.69. The highest BCUT2D eigenvalue weighted by molar-refractivity contribution is 9.10. The summed E-state index contributed by atoms with van der Waals surface area (Å²) in [5, 5.41) is 3.34. The zero-order chi connectivity index (χ0) is 11.5. The van der Waals surface area contributed by atoms with Crippen LogP contribution in [0.3, 0.4) is 0 Å². The maximum Gasteiger partial charge on any atom is 0.157 e. The van der Waals surface area contributed by atoms with E-state index in [1.165, 1.54) is 0 Å². The van der Waals surface area contributed by atoms with Crippen molar-refractivity contribution in [1.29, 1.82) is 0 Å². The zero-order valence-electron chi connectivity index (χ0n) is 9.73. The summed E-state index contributed by atoms with van der Waals surface area (Å²) in [5.74, 6) is 0.916. The number of benzene rings is 1. The quantitative estimate of drug-likeness (QED) is 0.769. The molecule has 1 aromatic carbocycles. The van der Waals surface area contributed by atoms with Gasteiger partial charge >= 0.3 is 0 Å². The van der Waals surface area contributed by atoms with E-state index in [-0.39, 0.29) is 5.60 Å². The molecule has 84 valence electrons. The van der Waals surface area contributed by atoms with Crippen LogP contribution in [0, 0.1) is 0 Å². The van der Waals surface area contributed by atoms with Crippen molar-refractivity contribution in [3.8, 4) is 5.75 Å². The molecule has 1 N–H and O–H groups in total. The van der Waals surface area contributed by atoms with Gasteiger partial charge in [-0.2, -0.15) is 0 Å². The van der Waals surface area contributed by atoms with Gasteiger partial charge in [-0.1, -0.05) is 19.9 Å². The van der Waals surface area contributed by atoms with E-state index in [4.69, 9.17) is 4.74 Å². The Morgan fingerprint density at radius 2 is 2.00 bits per heavy atom. The third-order valence-electron chi connectivity index (χ3n) is 2.05. The second-order valence-electron chi connectivity index (χ2n) is 3.83. The second kappa shape index (κ2) is 4.88. The maximum atomic E-state index is 5.84. The summed E-state index contributed by atoms with van der Waals surface area (Å²) < 4.78 is 6.85. The highest BCUT2D eigenvalue weighted by Gasteiger charge is 2.27. The van der Waals surface area contributed by atoms with Crippen molar-refractivity contribution in [3.05, 3.63) is 22.7 Å². The lowest BCUT2D eigenvalue weighted by molar-refractivity contribution is 0.115. The first kappa shape index (κ1) is 12.4. The lowest BCUT2D eigenvalue weighted by Crippen LogP contribution is -2.40. The van der Waals surface area contributed by atoms with E-state index >= 15 is 0 Å². The normalized spacial score (nSPS) is 16.3. The van der Waals surface area contributed by atoms with Gasteiger partial charge < -0.3 is 10.1 Å². The molecule has 0 aromatic heterocycles. The fourth-order valence-corrected chi connectivity index (χ4v) is 1.82. The molecule has 1 aliphatic rings. The molecule has 0 atom stereocenters. The highest BCUT2D eigenvalue weighted by Crippen LogP contribution is 2.38. The third-order valence-corrected chi connectivity index (χ3v) is 2.67. The minimum Gasteiger partial charge on any atom is -0.483 e. The van der Waals surface area contributed by atoms with E-state index in [1.807, 2.05) is 32.0 Å². The molecular formula is C12H18BrNO. The van der Waals surface area contributed by atoms with Gasteiger partial charge in [0.25, 0.3) is 0 Å². The van der Waals surface area contributed by atoms with E-state index in [1.54, 1.807) is 0 Å². The van der Waals surface area contributed by atoms with Gasteiger partial charge in [0.2, 0.25) is 0 Å². The molecule has 2 nitrogen and oxygen atoms in total. The molecule has 0 spiro atoms. The van der Waals surface area contributed by atoms with Crippen molar-refractivity contribution < 1.29 is 4.74 Å². The van der Waals surface area contributed by atoms with E-state index in [2.05, 4.69) is 35.1 Å². The van der Waals surface area contributed by atoms with Crippen LogP contribution in [0.2, 0.25) is 0 Å². The predicted molar refractivity (Wildman–Crippen MR) is 68.7 cm³/mol. The topological polar surface area (TPSA) is 21.3 Å². The molecule has 1 heterocycles. The average molecular weight is 272 g/mol. The molecule has 0 bridgehead atoms. The van der Waals surface area contributed by atoms with Gasteiger partial charge in [0, 0.05) is 0 Å². The van der Waals surface area contributed by atoms with Gasteiger partial charge in [0.1, 0.15) is 5.60 Å². The minimum absolute atomic E-state index is 0.128. The van der Waals surface area contributed by atoms with Crippen LogP contribution in [0.4, 0.5) is 5.69 Å². The maximum absolute atomic E-state index is 5.84. The van der Waals surface area contributed by atoms with E-state index in [9.17, 15) is 0 Å². The van der Waals surface area contributed by atoms with Gasteiger partial charge in [0.05, 0.1) is 16.7 Å². The average Bonchev–Trinajstić information content (AvgIpc) is 2.22. The molecule has 0 unspecified atom stereocenters. The number of halogens is 1. The minimum atomic E-state index is -0.128. The van der Waals surface area contributed by atoms with Crippen LogP contribution < -0.4 is 10.1 Å². The van der Waals surface area contributed by atoms with E-state index < -0.39 is 0 Å². The van der Waals surface area contributed by atoms with Crippen LogP contribution in [0.1, 0.15) is 27.7 Å². The van der Waals surface area contributed by atoms with Gasteiger partial charge in [-0.25, -0.2) is 0 Å². The van der Waals surface area contributed by atoms with Crippen LogP contribution >= 0.6 is 15.9 Å². The molecule has 1 aliphatic heterocycles. The Kier molecular flexibility index (Phi) is 4.03. The van der Waals surface area contributed by atoms with Crippen LogP contribution in [-0.2, 0) is 0 Å². The van der Waals surface area contributed by atoms with Crippen molar-refractivity contribution in [3.63, 3.8) is 0 Å². The SMILES string of the molecule is CC.CC1(C)CNc2cccc(Br)c2O1. The number of rotatable bonds is 0. The Labute approximate surface area is 100 Å². The Morgan fingerprint density at radius 1 is 1.33 bits per heavy atom. The standard InChI is InChI=1S/C10H12BrNO.C2H6/c1-10(2)6-12-8-5-3-4-7(11)9(8)13-10;1-2/h3-5,12H,6H2,1-2H3;1-2H3. The monoisotopic (exact) mass is 271 g/mol. The fourth-order valence-electron chi connectivity index (χ4n) is 1.37. The lowest BCUT2D eigenvalue weighted by Gasteiger charge is -2.33. The number of hydrogen-bond donors (Lipinski definition) is 1. The molecule has 0 amide bonds. The number of fused-ring (bicyclic) bond motifs is 1. The number of anilines is 1. The van der Waals surface area contributed by atoms with Crippen molar-refractivity contribution in [2.45, 2.75) is 33.3 Å². The van der Waals surface area contributed by atoms with E-state index in [0.717, 1.165) is 22.5 Å². The van der Waals surface area contributed by atoms with Gasteiger partial charge in [-0.05, 0) is 41.9 Å². The van der Waals surface area contributed by atoms with Gasteiger partial charge in [0.15, 0.2) is 5.75 Å². The van der Waals surface area contributed by atoms with Crippen molar-refractivity contribution in [2.75, 3.05) is 11.9 Å². The van der Waals surface area contributed by atoms with Crippen LogP contribution in [-0.4, -0.2) is 12.1 Å². The smallest absolute Gasteiger partial charge is 0.157 e. The molecule has 0 fully saturated rings. The van der Waals surface area contributed by atoms with Gasteiger partial charge in [-0.15, -0.1) is 0 Å². The van der Waals surface area contributed by atoms with Crippen molar-refractivity contribution in [2.24, 2.45) is 0 Å². The van der Waals surface area contributed by atoms with Crippen LogP contribution in [0.25, 0.3) is 0 Å². The number of hydrogen-bond acceptors (Lipinski definition) is 2. The molecule has 0 saturated carbocycles. The molecule has 0 saturated heterocycles. The molecule has 0 radical (unpaired) electrons. The summed E-state index contributed by atoms with van der Waals surface area (Å²) in [4.78, 5) is 0. The molecule has 2 rings (SSSR count). The third kappa shape index (κ3) is 2.88. The first-order chi connectivity index (χ1) is 7.08. The summed E-state index contributed by atoms with van der Waals surface area (Å²) in [6.07, 6.45) is 0. The molecular weight excluding hydrogens is 254 g/mol. The predicted octanol–water partition coefficient (Wildman–Crippen LogP) is 4.06. The Balaban J connectivity index is 0.000000531. The zero-order valence-corrected chi connectivity index (χ0v) is 11.3. The highest BCUT2D eigenvalue weighted by atomic mass is 79.9. The number of nitrogens with one attached hydrogen (secondary N) is 1. The largest absolute Gasteiger partial charge is 0.483 e. The molecule has 3 heteroatoms. The van der Waals surface area contributed by atoms with Crippen molar-refractivity contribution >= 4 is 21.6 Å². The number of ether oxygens (including phenoxy) is 1. The summed E-state index contributed by atoms with van der Waals surface area (Å²) in [6, 6.07) is 6.01. The first-order valence-electron chi connectivity index (χ1n) is 5.30. The van der Waals surface area contributed by atoms with E-state index in [0.29, 0.717) is 0 Å². The fraction of sp³-hybridized carbons (Fsp3) is 0.500. The lowest BCUT2D eigenvalue weighted by atomic mass is 10.1. The molecule has 1 aromatic rings. The van der Waals surface area contributed by atoms with Crippen molar-refractivity contribution in [1.82, 2.24) is 0 Å². The Bertz CT molecular complexity index is 336. The summed E-state index contributed by atoms with van der Waals surface area (Å²) >= 11 is 3.47. The summed E-state index contributed by atoms with van der Waals surface area (Å²) in [7, 11) is 0. The number of para-hydroxylation sites is 1. The van der Waals surface area contributed by atoms with Gasteiger partial charge in [-0.3, -0.25) is 0 Å². The first-order valence-corrected chi connectivity index (χ1v) is 6.09. The Morgan fingerprint density at radius 3 is 2.67 bits per heavy atom. The molecule has 0 aliphatic carbocycles. The van der Waals surface area contributed by atoms with Crippen LogP contribution in [0.5, 0.6) is 5.75 Å². The summed E-state index contributed by atoms with van der Waals surface area (Å²) in [5.41, 5.74) is 0.936. The summed E-state index contributed by atoms with van der Waals surface area (Å²) in [6.45, 7) is 8.99. The Hall–Kier alpha value is -0.700. The molecule has 15 heavy (non-hydrogen) atoms. The van der Waals surface area contributed by atoms with Crippen LogP contribution in [0.15, 0.2) is 22.7 Å².